The number of fused-ring (bicyclic) bond motifs is 1. The van der Waals surface area contributed by atoms with E-state index in [1.54, 1.807) is 43.6 Å². The third kappa shape index (κ3) is 9.48. The molecule has 1 N–H and O–H groups in total. The first-order valence-corrected chi connectivity index (χ1v) is 21.3. The van der Waals surface area contributed by atoms with Crippen molar-refractivity contribution >= 4 is 39.1 Å². The highest BCUT2D eigenvalue weighted by Gasteiger charge is 2.28. The Bertz CT molecular complexity index is 2690. The number of carbonyl (C=O) groups is 1. The number of carboxylic acid groups (broad SMARTS) is 1. The smallest absolute Gasteiger partial charge is 0.345 e. The Morgan fingerprint density at radius 3 is 2.44 bits per heavy atom. The van der Waals surface area contributed by atoms with E-state index in [2.05, 4.69) is 32.0 Å². The van der Waals surface area contributed by atoms with Gasteiger partial charge in [0.1, 0.15) is 36.3 Å². The van der Waals surface area contributed by atoms with Gasteiger partial charge in [-0.05, 0) is 78.7 Å². The summed E-state index contributed by atoms with van der Waals surface area (Å²) in [6, 6.07) is 26.4. The number of aliphatic carboxylic acids is 1. The molecule has 0 radical (unpaired) electrons. The molecule has 12 nitrogen and oxygen atoms in total. The quantitative estimate of drug-likeness (QED) is 0.0995. The summed E-state index contributed by atoms with van der Waals surface area (Å²) in [6.45, 7) is 7.27. The number of benzene rings is 4. The second kappa shape index (κ2) is 19.2. The van der Waals surface area contributed by atoms with E-state index in [9.17, 15) is 14.3 Å². The molecular weight excluding hydrogens is 831 g/mol. The number of para-hydroxylation sites is 2. The molecule has 0 amide bonds. The lowest BCUT2D eigenvalue weighted by atomic mass is 9.95. The molecule has 318 valence electrons. The topological polar surface area (TPSA) is 132 Å². The van der Waals surface area contributed by atoms with Gasteiger partial charge in [0.25, 0.3) is 0 Å². The zero-order valence-corrected chi connectivity index (χ0v) is 36.0. The predicted molar refractivity (Wildman–Crippen MR) is 238 cm³/mol. The number of ether oxygens (including phenoxy) is 4. The number of thiophene rings is 1. The van der Waals surface area contributed by atoms with Crippen molar-refractivity contribution < 1.29 is 33.2 Å². The first-order valence-electron chi connectivity index (χ1n) is 20.1. The van der Waals surface area contributed by atoms with Gasteiger partial charge in [0.2, 0.25) is 0 Å². The van der Waals surface area contributed by atoms with Crippen molar-refractivity contribution in [2.75, 3.05) is 53.5 Å². The van der Waals surface area contributed by atoms with E-state index in [0.29, 0.717) is 61.7 Å². The maximum atomic E-state index is 14.2. The predicted octanol–water partition coefficient (Wildman–Crippen LogP) is 8.87. The molecule has 7 aromatic rings. The van der Waals surface area contributed by atoms with Gasteiger partial charge in [-0.15, -0.1) is 16.4 Å². The van der Waals surface area contributed by atoms with Gasteiger partial charge in [-0.3, -0.25) is 4.90 Å². The van der Waals surface area contributed by atoms with Crippen LogP contribution < -0.4 is 18.9 Å². The lowest BCUT2D eigenvalue weighted by molar-refractivity contribution is -0.145. The highest BCUT2D eigenvalue weighted by molar-refractivity contribution is 7.22. The number of methoxy groups -OCH3 is 1. The Hall–Kier alpha value is -6.19. The van der Waals surface area contributed by atoms with Crippen LogP contribution in [0.2, 0.25) is 5.02 Å². The van der Waals surface area contributed by atoms with Gasteiger partial charge in [0.15, 0.2) is 22.5 Å². The fraction of sp³-hybridized carbons (Fsp3) is 0.255. The number of carboxylic acids is 1. The van der Waals surface area contributed by atoms with Crippen molar-refractivity contribution in [2.24, 2.45) is 0 Å². The van der Waals surface area contributed by atoms with Gasteiger partial charge in [0.05, 0.1) is 35.0 Å². The number of piperazine rings is 1. The van der Waals surface area contributed by atoms with Crippen molar-refractivity contribution in [3.63, 3.8) is 0 Å². The van der Waals surface area contributed by atoms with Crippen LogP contribution in [0.3, 0.4) is 0 Å². The zero-order valence-electron chi connectivity index (χ0n) is 34.4. The summed E-state index contributed by atoms with van der Waals surface area (Å²) in [5.74, 6) is 0.826. The summed E-state index contributed by atoms with van der Waals surface area (Å²) in [5, 5.41) is 20.3. The molecule has 15 heteroatoms. The molecule has 1 aliphatic heterocycles. The van der Waals surface area contributed by atoms with Gasteiger partial charge in [-0.2, -0.15) is 5.10 Å². The molecule has 1 atom stereocenters. The minimum absolute atomic E-state index is 0.0408. The summed E-state index contributed by atoms with van der Waals surface area (Å²) in [4.78, 5) is 28.1. The van der Waals surface area contributed by atoms with Gasteiger partial charge in [0, 0.05) is 55.8 Å². The molecule has 62 heavy (non-hydrogen) atoms. The van der Waals surface area contributed by atoms with Crippen molar-refractivity contribution in [2.45, 2.75) is 26.1 Å². The standard InChI is InChI=1S/C47H44ClFN6O6S/c1-29-34(16-17-38(43(29)48)59-25-24-55-22-20-54(2)21-23-55)41-42-40(27-51-53-46(42)62-44(41)30-12-14-32(49)15-13-30)61-39(47(56)57)26-31-8-4-6-10-36(31)60-28-33-18-19-50-45(52-33)35-9-5-7-11-37(35)58-3/h4-19,27,39H,20-26,28H2,1-3H3,(H,56,57). The minimum Gasteiger partial charge on any atom is -0.496 e. The second-order valence-electron chi connectivity index (χ2n) is 14.9. The zero-order chi connectivity index (χ0) is 43.2. The van der Waals surface area contributed by atoms with Gasteiger partial charge in [-0.25, -0.2) is 19.2 Å². The molecule has 0 aliphatic carbocycles. The van der Waals surface area contributed by atoms with Crippen molar-refractivity contribution in [3.05, 3.63) is 131 Å². The van der Waals surface area contributed by atoms with Crippen LogP contribution in [0.5, 0.6) is 23.0 Å². The largest absolute Gasteiger partial charge is 0.496 e. The van der Waals surface area contributed by atoms with E-state index in [0.717, 1.165) is 59.9 Å². The van der Waals surface area contributed by atoms with Gasteiger partial charge < -0.3 is 29.0 Å². The van der Waals surface area contributed by atoms with Crippen LogP contribution in [0.25, 0.3) is 43.2 Å². The summed E-state index contributed by atoms with van der Waals surface area (Å²) in [6.07, 6.45) is 1.69. The van der Waals surface area contributed by atoms with Gasteiger partial charge in [-0.1, -0.05) is 60.1 Å². The average Bonchev–Trinajstić information content (AvgIpc) is 3.68. The van der Waals surface area contributed by atoms with E-state index < -0.39 is 12.1 Å². The monoisotopic (exact) mass is 874 g/mol. The summed E-state index contributed by atoms with van der Waals surface area (Å²) >= 11 is 8.40. The molecule has 1 unspecified atom stereocenters. The van der Waals surface area contributed by atoms with E-state index in [-0.39, 0.29) is 24.6 Å². The van der Waals surface area contributed by atoms with Crippen molar-refractivity contribution in [1.29, 1.82) is 0 Å². The molecule has 4 aromatic carbocycles. The second-order valence-corrected chi connectivity index (χ2v) is 16.2. The highest BCUT2D eigenvalue weighted by Crippen LogP contribution is 2.50. The molecule has 3 aromatic heterocycles. The number of hydrogen-bond acceptors (Lipinski definition) is 12. The Kier molecular flexibility index (Phi) is 13.2. The molecule has 0 saturated carbocycles. The molecule has 4 heterocycles. The number of likely N-dealkylation sites (N-methyl/N-ethyl adjacent to an activating group) is 1. The maximum absolute atomic E-state index is 14.2. The van der Waals surface area contributed by atoms with Crippen LogP contribution in [0.1, 0.15) is 16.8 Å². The first kappa shape index (κ1) is 42.5. The van der Waals surface area contributed by atoms with Crippen molar-refractivity contribution in [3.8, 4) is 56.0 Å². The van der Waals surface area contributed by atoms with Crippen molar-refractivity contribution in [1.82, 2.24) is 30.0 Å². The number of halogens is 2. The Labute approximate surface area is 367 Å². The molecule has 0 spiro atoms. The van der Waals surface area contributed by atoms with Crippen LogP contribution in [0.15, 0.2) is 103 Å². The minimum atomic E-state index is -1.36. The van der Waals surface area contributed by atoms with E-state index in [1.165, 1.54) is 29.7 Å². The lowest BCUT2D eigenvalue weighted by Crippen LogP contribution is -2.45. The summed E-state index contributed by atoms with van der Waals surface area (Å²) < 4.78 is 38.6. The van der Waals surface area contributed by atoms with Crippen LogP contribution in [-0.2, 0) is 17.8 Å². The fourth-order valence-corrected chi connectivity index (χ4v) is 8.77. The molecule has 1 saturated heterocycles. The molecular formula is C47H44ClFN6O6S. The van der Waals surface area contributed by atoms with Gasteiger partial charge >= 0.3 is 5.97 Å². The Balaban J connectivity index is 1.08. The van der Waals surface area contributed by atoms with Crippen LogP contribution in [0.4, 0.5) is 4.39 Å². The average molecular weight is 875 g/mol. The lowest BCUT2D eigenvalue weighted by Gasteiger charge is -2.32. The number of aromatic nitrogens is 4. The summed E-state index contributed by atoms with van der Waals surface area (Å²) in [5.41, 5.74) is 4.92. The van der Waals surface area contributed by atoms with E-state index in [1.807, 2.05) is 55.5 Å². The number of hydrogen-bond donors (Lipinski definition) is 1. The SMILES string of the molecule is COc1ccccc1-c1nccc(COc2ccccc2CC(Oc2cnnc3sc(-c4ccc(F)cc4)c(-c4ccc(OCCN5CCN(C)CC5)c(Cl)c4C)c23)C(=O)O)n1. The van der Waals surface area contributed by atoms with Crippen LogP contribution >= 0.6 is 22.9 Å². The third-order valence-corrected chi connectivity index (χ3v) is 12.4. The fourth-order valence-electron chi connectivity index (χ4n) is 7.40. The molecule has 0 bridgehead atoms. The number of rotatable bonds is 16. The number of nitrogens with zero attached hydrogens (tertiary/aromatic N) is 6. The normalized spacial score (nSPS) is 13.8. The summed E-state index contributed by atoms with van der Waals surface area (Å²) in [7, 11) is 3.72. The Morgan fingerprint density at radius 2 is 1.66 bits per heavy atom. The van der Waals surface area contributed by atoms with Crippen LogP contribution in [-0.4, -0.2) is 101 Å². The highest BCUT2D eigenvalue weighted by atomic mass is 35.5. The molecule has 8 rings (SSSR count). The van der Waals surface area contributed by atoms with E-state index in [4.69, 9.17) is 35.5 Å². The first-order chi connectivity index (χ1) is 30.2. The Morgan fingerprint density at radius 1 is 0.903 bits per heavy atom. The van der Waals surface area contributed by atoms with E-state index >= 15 is 0 Å². The van der Waals surface area contributed by atoms with Crippen LogP contribution in [0, 0.1) is 12.7 Å². The molecule has 1 aliphatic rings. The maximum Gasteiger partial charge on any atom is 0.345 e. The third-order valence-electron chi connectivity index (χ3n) is 10.8. The molecule has 1 fully saturated rings.